The van der Waals surface area contributed by atoms with Crippen LogP contribution in [0.1, 0.15) is 32.4 Å². The lowest BCUT2D eigenvalue weighted by atomic mass is 10.1. The second-order valence-electron chi connectivity index (χ2n) is 4.35. The number of aryl methyl sites for hydroxylation is 1. The number of aromatic nitrogens is 2. The SMILES string of the molecule is CCCc1c(-c2ccccc2)ncn1CCC. The monoisotopic (exact) mass is 228 g/mol. The van der Waals surface area contributed by atoms with Crippen molar-refractivity contribution in [3.63, 3.8) is 0 Å². The predicted molar refractivity (Wildman–Crippen MR) is 71.9 cm³/mol. The van der Waals surface area contributed by atoms with Crippen molar-refractivity contribution in [2.45, 2.75) is 39.7 Å². The fourth-order valence-electron chi connectivity index (χ4n) is 2.18. The van der Waals surface area contributed by atoms with Crippen LogP contribution in [0.4, 0.5) is 0 Å². The second kappa shape index (κ2) is 5.67. The third-order valence-corrected chi connectivity index (χ3v) is 2.94. The fraction of sp³-hybridized carbons (Fsp3) is 0.400. The minimum atomic E-state index is 1.06. The Hall–Kier alpha value is -1.57. The first-order chi connectivity index (χ1) is 8.36. The van der Waals surface area contributed by atoms with Gasteiger partial charge in [-0.05, 0) is 12.8 Å². The van der Waals surface area contributed by atoms with Crippen LogP contribution in [0, 0.1) is 0 Å². The molecule has 2 nitrogen and oxygen atoms in total. The number of rotatable bonds is 5. The number of nitrogens with zero attached hydrogens (tertiary/aromatic N) is 2. The van der Waals surface area contributed by atoms with Gasteiger partial charge in [-0.15, -0.1) is 0 Å². The smallest absolute Gasteiger partial charge is 0.0956 e. The molecular formula is C15H20N2. The van der Waals surface area contributed by atoms with Gasteiger partial charge in [0.05, 0.1) is 12.0 Å². The van der Waals surface area contributed by atoms with Crippen molar-refractivity contribution < 1.29 is 0 Å². The molecule has 0 N–H and O–H groups in total. The molecule has 0 unspecified atom stereocenters. The minimum Gasteiger partial charge on any atom is -0.334 e. The highest BCUT2D eigenvalue weighted by molar-refractivity contribution is 5.61. The minimum absolute atomic E-state index is 1.06. The van der Waals surface area contributed by atoms with Gasteiger partial charge in [-0.2, -0.15) is 0 Å². The van der Waals surface area contributed by atoms with E-state index >= 15 is 0 Å². The summed E-state index contributed by atoms with van der Waals surface area (Å²) in [5.74, 6) is 0. The third-order valence-electron chi connectivity index (χ3n) is 2.94. The summed E-state index contributed by atoms with van der Waals surface area (Å²) in [7, 11) is 0. The molecule has 0 fully saturated rings. The van der Waals surface area contributed by atoms with Gasteiger partial charge in [0.1, 0.15) is 0 Å². The molecule has 0 aliphatic heterocycles. The van der Waals surface area contributed by atoms with E-state index in [9.17, 15) is 0 Å². The van der Waals surface area contributed by atoms with E-state index in [0.29, 0.717) is 0 Å². The average Bonchev–Trinajstić information content (AvgIpc) is 2.75. The Morgan fingerprint density at radius 2 is 1.82 bits per heavy atom. The molecule has 0 radical (unpaired) electrons. The lowest BCUT2D eigenvalue weighted by Gasteiger charge is -2.08. The maximum atomic E-state index is 4.59. The summed E-state index contributed by atoms with van der Waals surface area (Å²) in [6.07, 6.45) is 5.40. The van der Waals surface area contributed by atoms with Gasteiger partial charge in [-0.1, -0.05) is 50.6 Å². The topological polar surface area (TPSA) is 17.8 Å². The van der Waals surface area contributed by atoms with Gasteiger partial charge in [-0.3, -0.25) is 0 Å². The molecule has 2 rings (SSSR count). The molecule has 0 saturated carbocycles. The van der Waals surface area contributed by atoms with Gasteiger partial charge in [0, 0.05) is 17.8 Å². The standard InChI is InChI=1S/C15H20N2/c1-3-8-14-15(13-9-6-5-7-10-13)16-12-17(14)11-4-2/h5-7,9-10,12H,3-4,8,11H2,1-2H3. The van der Waals surface area contributed by atoms with Crippen LogP contribution in [0.2, 0.25) is 0 Å². The number of hydrogen-bond donors (Lipinski definition) is 0. The van der Waals surface area contributed by atoms with Crippen molar-refractivity contribution in [3.05, 3.63) is 42.4 Å². The Bertz CT molecular complexity index is 457. The summed E-state index contributed by atoms with van der Waals surface area (Å²) in [4.78, 5) is 4.59. The van der Waals surface area contributed by atoms with Crippen molar-refractivity contribution in [2.75, 3.05) is 0 Å². The van der Waals surface area contributed by atoms with E-state index in [-0.39, 0.29) is 0 Å². The molecular weight excluding hydrogens is 208 g/mol. The first-order valence-electron chi connectivity index (χ1n) is 6.46. The second-order valence-corrected chi connectivity index (χ2v) is 4.35. The maximum Gasteiger partial charge on any atom is 0.0956 e. The zero-order valence-electron chi connectivity index (χ0n) is 10.7. The van der Waals surface area contributed by atoms with Crippen LogP contribution in [-0.2, 0) is 13.0 Å². The van der Waals surface area contributed by atoms with E-state index in [1.165, 1.54) is 11.3 Å². The highest BCUT2D eigenvalue weighted by atomic mass is 15.1. The zero-order valence-corrected chi connectivity index (χ0v) is 10.7. The van der Waals surface area contributed by atoms with Crippen LogP contribution in [0.25, 0.3) is 11.3 Å². The summed E-state index contributed by atoms with van der Waals surface area (Å²) in [5, 5.41) is 0. The van der Waals surface area contributed by atoms with Crippen molar-refractivity contribution in [2.24, 2.45) is 0 Å². The molecule has 0 bridgehead atoms. The predicted octanol–water partition coefficient (Wildman–Crippen LogP) is 3.91. The summed E-state index contributed by atoms with van der Waals surface area (Å²) in [5.41, 5.74) is 3.76. The van der Waals surface area contributed by atoms with Gasteiger partial charge >= 0.3 is 0 Å². The molecule has 2 heteroatoms. The normalized spacial score (nSPS) is 10.7. The van der Waals surface area contributed by atoms with E-state index in [4.69, 9.17) is 0 Å². The molecule has 0 amide bonds. The zero-order chi connectivity index (χ0) is 12.1. The Morgan fingerprint density at radius 3 is 2.47 bits per heavy atom. The van der Waals surface area contributed by atoms with Crippen molar-refractivity contribution in [3.8, 4) is 11.3 Å². The molecule has 0 aliphatic carbocycles. The molecule has 90 valence electrons. The van der Waals surface area contributed by atoms with Crippen molar-refractivity contribution in [1.82, 2.24) is 9.55 Å². The lowest BCUT2D eigenvalue weighted by Crippen LogP contribution is -2.01. The first-order valence-corrected chi connectivity index (χ1v) is 6.46. The highest BCUT2D eigenvalue weighted by Gasteiger charge is 2.10. The quantitative estimate of drug-likeness (QED) is 0.758. The van der Waals surface area contributed by atoms with Crippen LogP contribution >= 0.6 is 0 Å². The van der Waals surface area contributed by atoms with Gasteiger partial charge in [-0.25, -0.2) is 4.98 Å². The summed E-state index contributed by atoms with van der Waals surface area (Å²) in [6, 6.07) is 10.5. The Balaban J connectivity index is 2.40. The molecule has 2 aromatic rings. The molecule has 0 aliphatic rings. The number of benzene rings is 1. The van der Waals surface area contributed by atoms with Gasteiger partial charge < -0.3 is 4.57 Å². The Kier molecular flexibility index (Phi) is 3.97. The number of hydrogen-bond acceptors (Lipinski definition) is 1. The fourth-order valence-corrected chi connectivity index (χ4v) is 2.18. The van der Waals surface area contributed by atoms with Crippen LogP contribution in [-0.4, -0.2) is 9.55 Å². The Labute approximate surface area is 103 Å². The number of imidazole rings is 1. The first kappa shape index (κ1) is 11.9. The van der Waals surface area contributed by atoms with Gasteiger partial charge in [0.25, 0.3) is 0 Å². The molecule has 1 aromatic heterocycles. The third kappa shape index (κ3) is 2.57. The van der Waals surface area contributed by atoms with Crippen LogP contribution in [0.15, 0.2) is 36.7 Å². The van der Waals surface area contributed by atoms with Crippen LogP contribution < -0.4 is 0 Å². The van der Waals surface area contributed by atoms with Crippen molar-refractivity contribution in [1.29, 1.82) is 0 Å². The highest BCUT2D eigenvalue weighted by Crippen LogP contribution is 2.23. The van der Waals surface area contributed by atoms with Crippen molar-refractivity contribution >= 4 is 0 Å². The Morgan fingerprint density at radius 1 is 1.06 bits per heavy atom. The molecule has 0 saturated heterocycles. The van der Waals surface area contributed by atoms with E-state index < -0.39 is 0 Å². The van der Waals surface area contributed by atoms with Crippen LogP contribution in [0.5, 0.6) is 0 Å². The summed E-state index contributed by atoms with van der Waals surface area (Å²) < 4.78 is 2.30. The van der Waals surface area contributed by atoms with Gasteiger partial charge in [0.2, 0.25) is 0 Å². The van der Waals surface area contributed by atoms with Gasteiger partial charge in [0.15, 0.2) is 0 Å². The lowest BCUT2D eigenvalue weighted by molar-refractivity contribution is 0.640. The van der Waals surface area contributed by atoms with E-state index in [1.54, 1.807) is 0 Å². The van der Waals surface area contributed by atoms with E-state index in [2.05, 4.69) is 47.7 Å². The molecule has 17 heavy (non-hydrogen) atoms. The molecule has 1 aromatic carbocycles. The summed E-state index contributed by atoms with van der Waals surface area (Å²) in [6.45, 7) is 5.49. The van der Waals surface area contributed by atoms with E-state index in [0.717, 1.165) is 31.5 Å². The molecule has 0 atom stereocenters. The summed E-state index contributed by atoms with van der Waals surface area (Å²) >= 11 is 0. The largest absolute Gasteiger partial charge is 0.334 e. The maximum absolute atomic E-state index is 4.59. The molecule has 1 heterocycles. The average molecular weight is 228 g/mol. The molecule has 0 spiro atoms. The van der Waals surface area contributed by atoms with Crippen LogP contribution in [0.3, 0.4) is 0 Å². The van der Waals surface area contributed by atoms with E-state index in [1.807, 2.05) is 12.4 Å².